The van der Waals surface area contributed by atoms with Gasteiger partial charge in [0.15, 0.2) is 0 Å². The van der Waals surface area contributed by atoms with Crippen LogP contribution in [0.25, 0.3) is 0 Å². The van der Waals surface area contributed by atoms with E-state index in [9.17, 15) is 13.2 Å². The molecular formula is C12H22N2O4S. The van der Waals surface area contributed by atoms with Crippen molar-refractivity contribution >= 4 is 15.9 Å². The zero-order chi connectivity index (χ0) is 14.0. The number of piperidine rings is 1. The molecule has 1 N–H and O–H groups in total. The van der Waals surface area contributed by atoms with E-state index in [4.69, 9.17) is 4.74 Å². The number of nitrogens with one attached hydrogen (secondary N) is 1. The smallest absolute Gasteiger partial charge is 0.249 e. The number of hydrogen-bond acceptors (Lipinski definition) is 4. The Bertz CT molecular complexity index is 425. The summed E-state index contributed by atoms with van der Waals surface area (Å²) in [5.74, 6) is -0.133. The molecule has 0 aromatic carbocycles. The molecule has 110 valence electrons. The van der Waals surface area contributed by atoms with E-state index in [1.54, 1.807) is 11.2 Å². The fourth-order valence-electron chi connectivity index (χ4n) is 2.26. The topological polar surface area (TPSA) is 75.7 Å². The highest BCUT2D eigenvalue weighted by Crippen LogP contribution is 2.32. The van der Waals surface area contributed by atoms with E-state index in [1.807, 2.05) is 0 Å². The van der Waals surface area contributed by atoms with Gasteiger partial charge in [0.2, 0.25) is 15.9 Å². The summed E-state index contributed by atoms with van der Waals surface area (Å²) < 4.78 is 30.6. The quantitative estimate of drug-likeness (QED) is 0.779. The molecule has 0 radical (unpaired) electrons. The van der Waals surface area contributed by atoms with E-state index in [2.05, 4.69) is 5.32 Å². The predicted octanol–water partition coefficient (Wildman–Crippen LogP) is 0.0941. The lowest BCUT2D eigenvalue weighted by molar-refractivity contribution is -0.131. The summed E-state index contributed by atoms with van der Waals surface area (Å²) in [4.78, 5) is 11.7. The SMILES string of the molecule is COC(C)C(=O)NC1CCN(S(=O)(=O)C2CC2)CC1. The molecule has 7 heteroatoms. The lowest BCUT2D eigenvalue weighted by atomic mass is 10.1. The van der Waals surface area contributed by atoms with Gasteiger partial charge in [0, 0.05) is 26.2 Å². The van der Waals surface area contributed by atoms with Crippen molar-refractivity contribution in [3.8, 4) is 0 Å². The number of rotatable bonds is 5. The molecule has 1 amide bonds. The fraction of sp³-hybridized carbons (Fsp3) is 0.917. The van der Waals surface area contributed by atoms with Gasteiger partial charge in [-0.25, -0.2) is 12.7 Å². The average Bonchev–Trinajstić information content (AvgIpc) is 3.23. The van der Waals surface area contributed by atoms with Crippen LogP contribution in [0.3, 0.4) is 0 Å². The standard InChI is InChI=1S/C12H22N2O4S/c1-9(18-2)12(15)13-10-5-7-14(8-6-10)19(16,17)11-3-4-11/h9-11H,3-8H2,1-2H3,(H,13,15). The van der Waals surface area contributed by atoms with Gasteiger partial charge >= 0.3 is 0 Å². The van der Waals surface area contributed by atoms with Gasteiger partial charge in [0.1, 0.15) is 6.10 Å². The maximum Gasteiger partial charge on any atom is 0.249 e. The molecule has 1 saturated heterocycles. The van der Waals surface area contributed by atoms with Gasteiger partial charge in [-0.2, -0.15) is 0 Å². The van der Waals surface area contributed by atoms with Crippen LogP contribution in [0, 0.1) is 0 Å². The first-order valence-electron chi connectivity index (χ1n) is 6.77. The Morgan fingerprint density at radius 3 is 2.32 bits per heavy atom. The molecule has 19 heavy (non-hydrogen) atoms. The molecule has 0 spiro atoms. The van der Waals surface area contributed by atoms with Crippen molar-refractivity contribution in [2.24, 2.45) is 0 Å². The van der Waals surface area contributed by atoms with E-state index in [1.165, 1.54) is 7.11 Å². The van der Waals surface area contributed by atoms with Gasteiger partial charge in [-0.05, 0) is 32.6 Å². The van der Waals surface area contributed by atoms with Gasteiger partial charge in [-0.1, -0.05) is 0 Å². The maximum atomic E-state index is 12.0. The monoisotopic (exact) mass is 290 g/mol. The zero-order valence-corrected chi connectivity index (χ0v) is 12.3. The molecule has 6 nitrogen and oxygen atoms in total. The van der Waals surface area contributed by atoms with Gasteiger partial charge in [0.05, 0.1) is 5.25 Å². The first-order chi connectivity index (χ1) is 8.95. The highest BCUT2D eigenvalue weighted by atomic mass is 32.2. The molecule has 1 saturated carbocycles. The number of hydrogen-bond donors (Lipinski definition) is 1. The summed E-state index contributed by atoms with van der Waals surface area (Å²) in [6.07, 6.45) is 2.48. The Labute approximate surface area is 114 Å². The van der Waals surface area contributed by atoms with E-state index in [-0.39, 0.29) is 17.2 Å². The molecule has 2 rings (SSSR count). The van der Waals surface area contributed by atoms with Crippen LogP contribution in [-0.4, -0.2) is 56.2 Å². The molecule has 1 heterocycles. The minimum atomic E-state index is -3.07. The third-order valence-corrected chi connectivity index (χ3v) is 6.23. The van der Waals surface area contributed by atoms with Crippen molar-refractivity contribution in [1.82, 2.24) is 9.62 Å². The second kappa shape index (κ2) is 5.76. The number of carbonyl (C=O) groups excluding carboxylic acids is 1. The van der Waals surface area contributed by atoms with Crippen LogP contribution in [-0.2, 0) is 19.6 Å². The molecule has 1 unspecified atom stereocenters. The molecule has 1 aliphatic heterocycles. The fourth-order valence-corrected chi connectivity index (χ4v) is 4.13. The molecular weight excluding hydrogens is 268 g/mol. The lowest BCUT2D eigenvalue weighted by Gasteiger charge is -2.32. The Balaban J connectivity index is 1.81. The summed E-state index contributed by atoms with van der Waals surface area (Å²) in [6.45, 7) is 2.71. The van der Waals surface area contributed by atoms with Crippen molar-refractivity contribution in [2.75, 3.05) is 20.2 Å². The Kier molecular flexibility index (Phi) is 4.47. The molecule has 1 atom stereocenters. The lowest BCUT2D eigenvalue weighted by Crippen LogP contribution is -2.49. The first-order valence-corrected chi connectivity index (χ1v) is 8.27. The zero-order valence-electron chi connectivity index (χ0n) is 11.5. The minimum absolute atomic E-state index is 0.0516. The number of carbonyl (C=O) groups is 1. The number of ether oxygens (including phenoxy) is 1. The minimum Gasteiger partial charge on any atom is -0.372 e. The van der Waals surface area contributed by atoms with Gasteiger partial charge in [0.25, 0.3) is 0 Å². The average molecular weight is 290 g/mol. The Hall–Kier alpha value is -0.660. The van der Waals surface area contributed by atoms with Crippen molar-refractivity contribution in [3.05, 3.63) is 0 Å². The maximum absolute atomic E-state index is 12.0. The van der Waals surface area contributed by atoms with Gasteiger partial charge in [-0.15, -0.1) is 0 Å². The van der Waals surface area contributed by atoms with Crippen molar-refractivity contribution in [3.63, 3.8) is 0 Å². The number of nitrogens with zero attached hydrogens (tertiary/aromatic N) is 1. The molecule has 1 aliphatic carbocycles. The highest BCUT2D eigenvalue weighted by Gasteiger charge is 2.41. The molecule has 0 aromatic heterocycles. The third-order valence-electron chi connectivity index (χ3n) is 3.83. The summed E-state index contributed by atoms with van der Waals surface area (Å²) in [5.41, 5.74) is 0. The van der Waals surface area contributed by atoms with Gasteiger partial charge < -0.3 is 10.1 Å². The Morgan fingerprint density at radius 1 is 1.26 bits per heavy atom. The summed E-state index contributed by atoms with van der Waals surface area (Å²) >= 11 is 0. The van der Waals surface area contributed by atoms with Crippen molar-refractivity contribution in [2.45, 2.75) is 50.0 Å². The van der Waals surface area contributed by atoms with Crippen LogP contribution >= 0.6 is 0 Å². The van der Waals surface area contributed by atoms with Crippen molar-refractivity contribution < 1.29 is 17.9 Å². The van der Waals surface area contributed by atoms with Crippen LogP contribution < -0.4 is 5.32 Å². The van der Waals surface area contributed by atoms with Crippen molar-refractivity contribution in [1.29, 1.82) is 0 Å². The molecule has 2 fully saturated rings. The Morgan fingerprint density at radius 2 is 1.84 bits per heavy atom. The van der Waals surface area contributed by atoms with E-state index < -0.39 is 16.1 Å². The van der Waals surface area contributed by atoms with Crippen LogP contribution in [0.15, 0.2) is 0 Å². The summed E-state index contributed by atoms with van der Waals surface area (Å²) in [6, 6.07) is 0.0516. The van der Waals surface area contributed by atoms with E-state index in [0.717, 1.165) is 12.8 Å². The van der Waals surface area contributed by atoms with Gasteiger partial charge in [-0.3, -0.25) is 4.79 Å². The first kappa shape index (κ1) is 14.7. The third kappa shape index (κ3) is 3.46. The van der Waals surface area contributed by atoms with E-state index >= 15 is 0 Å². The van der Waals surface area contributed by atoms with Crippen LogP contribution in [0.1, 0.15) is 32.6 Å². The second-order valence-electron chi connectivity index (χ2n) is 5.30. The largest absolute Gasteiger partial charge is 0.372 e. The summed E-state index contributed by atoms with van der Waals surface area (Å²) in [7, 11) is -1.57. The highest BCUT2D eigenvalue weighted by molar-refractivity contribution is 7.90. The van der Waals surface area contributed by atoms with E-state index in [0.29, 0.717) is 25.9 Å². The number of sulfonamides is 1. The second-order valence-corrected chi connectivity index (χ2v) is 7.52. The number of amides is 1. The van der Waals surface area contributed by atoms with Crippen LogP contribution in [0.5, 0.6) is 0 Å². The predicted molar refractivity (Wildman–Crippen MR) is 71.2 cm³/mol. The molecule has 2 aliphatic rings. The molecule has 0 aromatic rings. The normalized spacial score (nSPS) is 24.1. The number of methoxy groups -OCH3 is 1. The molecule has 0 bridgehead atoms. The van der Waals surface area contributed by atoms with Crippen LogP contribution in [0.2, 0.25) is 0 Å². The van der Waals surface area contributed by atoms with Crippen LogP contribution in [0.4, 0.5) is 0 Å². The summed E-state index contributed by atoms with van der Waals surface area (Å²) in [5, 5.41) is 2.75.